The predicted octanol–water partition coefficient (Wildman–Crippen LogP) is 3.34. The fourth-order valence-electron chi connectivity index (χ4n) is 3.25. The predicted molar refractivity (Wildman–Crippen MR) is 105 cm³/mol. The molecule has 0 bridgehead atoms. The van der Waals surface area contributed by atoms with Gasteiger partial charge in [0, 0.05) is 37.1 Å². The first-order valence-corrected chi connectivity index (χ1v) is 9.40. The largest absolute Gasteiger partial charge is 0.352 e. The lowest BCUT2D eigenvalue weighted by molar-refractivity contribution is -0.385. The van der Waals surface area contributed by atoms with E-state index >= 15 is 0 Å². The molecule has 0 saturated carbocycles. The Labute approximate surface area is 167 Å². The molecule has 0 aromatic heterocycles. The summed E-state index contributed by atoms with van der Waals surface area (Å²) >= 11 is 5.75. The van der Waals surface area contributed by atoms with Crippen LogP contribution in [0.2, 0.25) is 5.02 Å². The summed E-state index contributed by atoms with van der Waals surface area (Å²) < 4.78 is 0. The summed E-state index contributed by atoms with van der Waals surface area (Å²) in [6, 6.07) is 12.0. The minimum Gasteiger partial charge on any atom is -0.352 e. The van der Waals surface area contributed by atoms with Crippen molar-refractivity contribution in [3.05, 3.63) is 74.3 Å². The Hall–Kier alpha value is -2.93. The van der Waals surface area contributed by atoms with Gasteiger partial charge in [0.1, 0.15) is 5.56 Å². The molecule has 0 saturated heterocycles. The van der Waals surface area contributed by atoms with Crippen LogP contribution in [0.4, 0.5) is 5.69 Å². The Morgan fingerprint density at radius 2 is 1.93 bits per heavy atom. The van der Waals surface area contributed by atoms with Crippen molar-refractivity contribution in [1.29, 1.82) is 0 Å². The molecule has 8 heteroatoms. The summed E-state index contributed by atoms with van der Waals surface area (Å²) in [5, 5.41) is 13.9. The van der Waals surface area contributed by atoms with Gasteiger partial charge in [0.05, 0.1) is 4.92 Å². The third-order valence-electron chi connectivity index (χ3n) is 4.74. The number of nitrogens with one attached hydrogen (secondary N) is 1. The molecule has 0 radical (unpaired) electrons. The van der Waals surface area contributed by atoms with Crippen LogP contribution in [0.1, 0.15) is 34.3 Å². The van der Waals surface area contributed by atoms with E-state index in [0.29, 0.717) is 25.9 Å². The van der Waals surface area contributed by atoms with Crippen LogP contribution in [0.15, 0.2) is 42.5 Å². The van der Waals surface area contributed by atoms with Crippen molar-refractivity contribution < 1.29 is 14.5 Å². The fraction of sp³-hybridized carbons (Fsp3) is 0.300. The first-order valence-electron chi connectivity index (χ1n) is 9.02. The first-order chi connectivity index (χ1) is 13.5. The van der Waals surface area contributed by atoms with Gasteiger partial charge < -0.3 is 10.2 Å². The van der Waals surface area contributed by atoms with Gasteiger partial charge in [-0.05, 0) is 36.1 Å². The molecule has 2 aromatic rings. The second-order valence-corrected chi connectivity index (χ2v) is 7.05. The zero-order valence-corrected chi connectivity index (χ0v) is 15.9. The van der Waals surface area contributed by atoms with Crippen LogP contribution in [0, 0.1) is 10.1 Å². The van der Waals surface area contributed by atoms with Crippen molar-refractivity contribution in [1.82, 2.24) is 10.2 Å². The molecule has 28 heavy (non-hydrogen) atoms. The second-order valence-electron chi connectivity index (χ2n) is 6.61. The normalized spacial score (nSPS) is 13.0. The molecular weight excluding hydrogens is 382 g/mol. The number of amides is 2. The van der Waals surface area contributed by atoms with Crippen LogP contribution >= 0.6 is 11.6 Å². The topological polar surface area (TPSA) is 92.6 Å². The molecule has 2 aromatic carbocycles. The van der Waals surface area contributed by atoms with E-state index < -0.39 is 10.8 Å². The SMILES string of the molecule is O=C(NCCCC(=O)N1CCc2ccccc2C1)c1ccc(Cl)cc1[N+](=O)[O-]. The minimum atomic E-state index is -0.640. The van der Waals surface area contributed by atoms with Gasteiger partial charge in [0.2, 0.25) is 5.91 Å². The Kier molecular flexibility index (Phi) is 6.26. The van der Waals surface area contributed by atoms with E-state index in [1.54, 1.807) is 0 Å². The van der Waals surface area contributed by atoms with Gasteiger partial charge in [-0.1, -0.05) is 35.9 Å². The molecule has 0 aliphatic carbocycles. The molecule has 7 nitrogen and oxygen atoms in total. The molecule has 1 aliphatic heterocycles. The van der Waals surface area contributed by atoms with Gasteiger partial charge in [-0.2, -0.15) is 0 Å². The van der Waals surface area contributed by atoms with Gasteiger partial charge in [-0.3, -0.25) is 19.7 Å². The summed E-state index contributed by atoms with van der Waals surface area (Å²) in [6.45, 7) is 1.56. The van der Waals surface area contributed by atoms with Crippen molar-refractivity contribution >= 4 is 29.1 Å². The maximum atomic E-state index is 12.4. The molecule has 0 atom stereocenters. The van der Waals surface area contributed by atoms with Crippen molar-refractivity contribution in [3.63, 3.8) is 0 Å². The number of hydrogen-bond acceptors (Lipinski definition) is 4. The quantitative estimate of drug-likeness (QED) is 0.456. The molecule has 0 unspecified atom stereocenters. The number of carbonyl (C=O) groups is 2. The van der Waals surface area contributed by atoms with Crippen molar-refractivity contribution in [2.75, 3.05) is 13.1 Å². The smallest absolute Gasteiger partial charge is 0.283 e. The highest BCUT2D eigenvalue weighted by molar-refractivity contribution is 6.31. The molecular formula is C20H20ClN3O4. The summed E-state index contributed by atoms with van der Waals surface area (Å²) in [7, 11) is 0. The highest BCUT2D eigenvalue weighted by Gasteiger charge is 2.22. The number of benzene rings is 2. The number of carbonyl (C=O) groups excluding carboxylic acids is 2. The van der Waals surface area contributed by atoms with E-state index in [0.717, 1.165) is 12.5 Å². The zero-order valence-electron chi connectivity index (χ0n) is 15.2. The van der Waals surface area contributed by atoms with Crippen molar-refractivity contribution in [2.45, 2.75) is 25.8 Å². The van der Waals surface area contributed by atoms with Crippen LogP contribution in [0.25, 0.3) is 0 Å². The third kappa shape index (κ3) is 4.67. The lowest BCUT2D eigenvalue weighted by atomic mass is 9.99. The number of fused-ring (bicyclic) bond motifs is 1. The fourth-order valence-corrected chi connectivity index (χ4v) is 3.42. The standard InChI is InChI=1S/C20H20ClN3O4/c21-16-7-8-17(18(12-16)24(27)28)20(26)22-10-3-6-19(25)23-11-9-14-4-1-2-5-15(14)13-23/h1-2,4-5,7-8,12H,3,6,9-11,13H2,(H,22,26). The van der Waals surface area contributed by atoms with Crippen LogP contribution in [0.5, 0.6) is 0 Å². The van der Waals surface area contributed by atoms with E-state index in [4.69, 9.17) is 11.6 Å². The van der Waals surface area contributed by atoms with E-state index in [1.807, 2.05) is 23.1 Å². The van der Waals surface area contributed by atoms with Gasteiger partial charge >= 0.3 is 0 Å². The third-order valence-corrected chi connectivity index (χ3v) is 4.97. The van der Waals surface area contributed by atoms with E-state index in [-0.39, 0.29) is 28.7 Å². The maximum absolute atomic E-state index is 12.4. The van der Waals surface area contributed by atoms with Gasteiger partial charge in [0.25, 0.3) is 11.6 Å². The van der Waals surface area contributed by atoms with E-state index in [9.17, 15) is 19.7 Å². The first kappa shape index (κ1) is 19.8. The second kappa shape index (κ2) is 8.84. The zero-order chi connectivity index (χ0) is 20.1. The van der Waals surface area contributed by atoms with Crippen LogP contribution in [-0.4, -0.2) is 34.7 Å². The number of nitro benzene ring substituents is 1. The van der Waals surface area contributed by atoms with Crippen molar-refractivity contribution in [2.24, 2.45) is 0 Å². The van der Waals surface area contributed by atoms with Gasteiger partial charge in [-0.15, -0.1) is 0 Å². The number of nitrogens with zero attached hydrogens (tertiary/aromatic N) is 2. The number of nitro groups is 1. The summed E-state index contributed by atoms with van der Waals surface area (Å²) in [4.78, 5) is 36.9. The van der Waals surface area contributed by atoms with Crippen LogP contribution in [0.3, 0.4) is 0 Å². The summed E-state index contributed by atoms with van der Waals surface area (Å²) in [6.07, 6.45) is 1.62. The maximum Gasteiger partial charge on any atom is 0.283 e. The number of rotatable bonds is 6. The molecule has 3 rings (SSSR count). The Morgan fingerprint density at radius 3 is 2.68 bits per heavy atom. The minimum absolute atomic E-state index is 0.0428. The summed E-state index contributed by atoms with van der Waals surface area (Å²) in [5.74, 6) is -0.510. The highest BCUT2D eigenvalue weighted by atomic mass is 35.5. The highest BCUT2D eigenvalue weighted by Crippen LogP contribution is 2.23. The Bertz CT molecular complexity index is 916. The molecule has 0 spiro atoms. The van der Waals surface area contributed by atoms with Gasteiger partial charge in [-0.25, -0.2) is 0 Å². The molecule has 0 fully saturated rings. The Morgan fingerprint density at radius 1 is 1.18 bits per heavy atom. The number of halogens is 1. The average Bonchev–Trinajstić information content (AvgIpc) is 2.70. The van der Waals surface area contributed by atoms with Crippen molar-refractivity contribution in [3.8, 4) is 0 Å². The lowest BCUT2D eigenvalue weighted by Crippen LogP contribution is -2.36. The van der Waals surface area contributed by atoms with E-state index in [1.165, 1.54) is 23.3 Å². The molecule has 146 valence electrons. The molecule has 1 aliphatic rings. The average molecular weight is 402 g/mol. The van der Waals surface area contributed by atoms with E-state index in [2.05, 4.69) is 11.4 Å². The number of hydrogen-bond donors (Lipinski definition) is 1. The summed E-state index contributed by atoms with van der Waals surface area (Å²) in [5.41, 5.74) is 2.07. The van der Waals surface area contributed by atoms with Gasteiger partial charge in [0.15, 0.2) is 0 Å². The molecule has 1 heterocycles. The van der Waals surface area contributed by atoms with Crippen LogP contribution in [-0.2, 0) is 17.8 Å². The monoisotopic (exact) mass is 401 g/mol. The Balaban J connectivity index is 1.48. The van der Waals surface area contributed by atoms with Crippen LogP contribution < -0.4 is 5.32 Å². The molecule has 1 N–H and O–H groups in total. The lowest BCUT2D eigenvalue weighted by Gasteiger charge is -2.29. The molecule has 2 amide bonds.